The second-order valence-electron chi connectivity index (χ2n) is 6.79. The van der Waals surface area contributed by atoms with Gasteiger partial charge in [-0.05, 0) is 62.0 Å². The van der Waals surface area contributed by atoms with E-state index in [0.717, 1.165) is 43.7 Å². The third-order valence-electron chi connectivity index (χ3n) is 5.41. The van der Waals surface area contributed by atoms with Crippen molar-refractivity contribution in [2.45, 2.75) is 19.3 Å². The lowest BCUT2D eigenvalue weighted by molar-refractivity contribution is -0.118. The topological polar surface area (TPSA) is 73.5 Å². The van der Waals surface area contributed by atoms with Crippen molar-refractivity contribution in [3.05, 3.63) is 24.3 Å². The van der Waals surface area contributed by atoms with Gasteiger partial charge in [-0.1, -0.05) is 0 Å². The van der Waals surface area contributed by atoms with E-state index in [9.17, 15) is 9.59 Å². The Morgan fingerprint density at radius 2 is 1.91 bits per heavy atom. The third kappa shape index (κ3) is 2.67. The maximum atomic E-state index is 12.4. The standard InChI is InChI=1S/C17H22N4O2/c22-15(14-11-17(14)5-7-18-8-6-17)20-12-1-3-13(4-2-12)21-10-9-19-16(21)23/h1-4,14,18H,5-11H2,(H,19,23)(H,20,22). The zero-order chi connectivity index (χ0) is 15.9. The molecule has 6 nitrogen and oxygen atoms in total. The molecule has 2 heterocycles. The molecule has 0 bridgehead atoms. The molecule has 2 saturated heterocycles. The Balaban J connectivity index is 1.38. The van der Waals surface area contributed by atoms with Crippen LogP contribution >= 0.6 is 0 Å². The third-order valence-corrected chi connectivity index (χ3v) is 5.41. The molecular formula is C17H22N4O2. The molecule has 1 aliphatic carbocycles. The number of rotatable bonds is 3. The summed E-state index contributed by atoms with van der Waals surface area (Å²) in [6, 6.07) is 7.45. The Kier molecular flexibility index (Phi) is 3.49. The van der Waals surface area contributed by atoms with Crippen LogP contribution in [0.15, 0.2) is 24.3 Å². The normalized spacial score (nSPS) is 25.3. The fraction of sp³-hybridized carbons (Fsp3) is 0.529. The summed E-state index contributed by atoms with van der Waals surface area (Å²) >= 11 is 0. The summed E-state index contributed by atoms with van der Waals surface area (Å²) in [5.74, 6) is 0.298. The first kappa shape index (κ1) is 14.5. The number of benzene rings is 1. The summed E-state index contributed by atoms with van der Waals surface area (Å²) in [5, 5.41) is 9.17. The van der Waals surface area contributed by atoms with E-state index in [1.54, 1.807) is 4.90 Å². The maximum absolute atomic E-state index is 12.4. The fourth-order valence-electron chi connectivity index (χ4n) is 3.87. The van der Waals surface area contributed by atoms with Crippen molar-refractivity contribution in [1.82, 2.24) is 10.6 Å². The van der Waals surface area contributed by atoms with E-state index in [4.69, 9.17) is 0 Å². The monoisotopic (exact) mass is 314 g/mol. The number of carbonyl (C=O) groups excluding carboxylic acids is 2. The van der Waals surface area contributed by atoms with Crippen molar-refractivity contribution >= 4 is 23.3 Å². The number of anilines is 2. The van der Waals surface area contributed by atoms with Crippen LogP contribution in [0.3, 0.4) is 0 Å². The van der Waals surface area contributed by atoms with Gasteiger partial charge >= 0.3 is 6.03 Å². The van der Waals surface area contributed by atoms with E-state index in [-0.39, 0.29) is 23.3 Å². The molecule has 122 valence electrons. The largest absolute Gasteiger partial charge is 0.336 e. The van der Waals surface area contributed by atoms with Crippen molar-refractivity contribution in [3.63, 3.8) is 0 Å². The summed E-state index contributed by atoms with van der Waals surface area (Å²) in [5.41, 5.74) is 1.91. The predicted molar refractivity (Wildman–Crippen MR) is 88.5 cm³/mol. The van der Waals surface area contributed by atoms with E-state index < -0.39 is 0 Å². The lowest BCUT2D eigenvalue weighted by Crippen LogP contribution is -2.31. The van der Waals surface area contributed by atoms with Gasteiger partial charge < -0.3 is 16.0 Å². The van der Waals surface area contributed by atoms with Crippen LogP contribution in [0.1, 0.15) is 19.3 Å². The average Bonchev–Trinajstić information content (AvgIpc) is 3.08. The molecule has 1 unspecified atom stereocenters. The quantitative estimate of drug-likeness (QED) is 0.792. The number of amides is 3. The van der Waals surface area contributed by atoms with E-state index in [0.29, 0.717) is 13.1 Å². The molecule has 1 spiro atoms. The Hall–Kier alpha value is -2.08. The summed E-state index contributed by atoms with van der Waals surface area (Å²) < 4.78 is 0. The SMILES string of the molecule is O=C(Nc1ccc(N2CCNC2=O)cc1)C1CC12CCNCC2. The minimum atomic E-state index is -0.0624. The molecule has 1 aromatic rings. The summed E-state index contributed by atoms with van der Waals surface area (Å²) in [7, 11) is 0. The van der Waals surface area contributed by atoms with Gasteiger partial charge in [0.15, 0.2) is 0 Å². The molecule has 0 aromatic heterocycles. The van der Waals surface area contributed by atoms with Crippen molar-refractivity contribution in [1.29, 1.82) is 0 Å². The summed E-state index contributed by atoms with van der Waals surface area (Å²) in [6.45, 7) is 3.41. The molecule has 3 amide bonds. The van der Waals surface area contributed by atoms with Gasteiger partial charge in [-0.15, -0.1) is 0 Å². The molecule has 6 heteroatoms. The molecule has 3 fully saturated rings. The van der Waals surface area contributed by atoms with Crippen LogP contribution in [0, 0.1) is 11.3 Å². The van der Waals surface area contributed by atoms with Gasteiger partial charge in [0.25, 0.3) is 0 Å². The van der Waals surface area contributed by atoms with Crippen molar-refractivity contribution in [2.75, 3.05) is 36.4 Å². The average molecular weight is 314 g/mol. The molecule has 3 aliphatic rings. The number of hydrogen-bond acceptors (Lipinski definition) is 3. The number of nitrogens with zero attached hydrogens (tertiary/aromatic N) is 1. The highest BCUT2D eigenvalue weighted by Crippen LogP contribution is 2.58. The number of hydrogen-bond donors (Lipinski definition) is 3. The van der Waals surface area contributed by atoms with Crippen LogP contribution in [0.2, 0.25) is 0 Å². The molecule has 1 atom stereocenters. The minimum Gasteiger partial charge on any atom is -0.336 e. The number of piperidine rings is 1. The Labute approximate surface area is 135 Å². The van der Waals surface area contributed by atoms with Crippen LogP contribution in [-0.2, 0) is 4.79 Å². The highest BCUT2D eigenvalue weighted by molar-refractivity contribution is 5.96. The summed E-state index contributed by atoms with van der Waals surface area (Å²) in [4.78, 5) is 25.8. The summed E-state index contributed by atoms with van der Waals surface area (Å²) in [6.07, 6.45) is 3.23. The van der Waals surface area contributed by atoms with Crippen molar-refractivity contribution in [3.8, 4) is 0 Å². The van der Waals surface area contributed by atoms with Crippen LogP contribution < -0.4 is 20.9 Å². The number of carbonyl (C=O) groups is 2. The first-order chi connectivity index (χ1) is 11.2. The van der Waals surface area contributed by atoms with Gasteiger partial charge in [0, 0.05) is 30.4 Å². The minimum absolute atomic E-state index is 0.0624. The lowest BCUT2D eigenvalue weighted by atomic mass is 9.92. The molecule has 3 N–H and O–H groups in total. The Bertz CT molecular complexity index is 622. The number of urea groups is 1. The van der Waals surface area contributed by atoms with Crippen molar-refractivity contribution in [2.24, 2.45) is 11.3 Å². The van der Waals surface area contributed by atoms with Gasteiger partial charge in [0.1, 0.15) is 0 Å². The van der Waals surface area contributed by atoms with E-state index in [1.165, 1.54) is 0 Å². The molecule has 1 saturated carbocycles. The second kappa shape index (κ2) is 5.53. The van der Waals surface area contributed by atoms with Gasteiger partial charge in [-0.25, -0.2) is 4.79 Å². The lowest BCUT2D eigenvalue weighted by Gasteiger charge is -2.23. The predicted octanol–water partition coefficient (Wildman–Crippen LogP) is 1.54. The smallest absolute Gasteiger partial charge is 0.321 e. The first-order valence-corrected chi connectivity index (χ1v) is 8.35. The fourth-order valence-corrected chi connectivity index (χ4v) is 3.87. The van der Waals surface area contributed by atoms with Gasteiger partial charge in [0.05, 0.1) is 0 Å². The van der Waals surface area contributed by atoms with E-state index >= 15 is 0 Å². The van der Waals surface area contributed by atoms with Crippen LogP contribution in [0.5, 0.6) is 0 Å². The highest BCUT2D eigenvalue weighted by atomic mass is 16.2. The zero-order valence-electron chi connectivity index (χ0n) is 13.1. The Morgan fingerprint density at radius 3 is 2.57 bits per heavy atom. The number of nitrogens with one attached hydrogen (secondary N) is 3. The van der Waals surface area contributed by atoms with Gasteiger partial charge in [0.2, 0.25) is 5.91 Å². The van der Waals surface area contributed by atoms with E-state index in [2.05, 4.69) is 16.0 Å². The van der Waals surface area contributed by atoms with E-state index in [1.807, 2.05) is 24.3 Å². The van der Waals surface area contributed by atoms with Crippen LogP contribution in [-0.4, -0.2) is 38.1 Å². The molecule has 2 aliphatic heterocycles. The van der Waals surface area contributed by atoms with Crippen LogP contribution in [0.25, 0.3) is 0 Å². The molecule has 0 radical (unpaired) electrons. The highest BCUT2D eigenvalue weighted by Gasteiger charge is 2.57. The second-order valence-corrected chi connectivity index (χ2v) is 6.79. The van der Waals surface area contributed by atoms with Crippen LogP contribution in [0.4, 0.5) is 16.2 Å². The first-order valence-electron chi connectivity index (χ1n) is 8.35. The van der Waals surface area contributed by atoms with Gasteiger partial charge in [-0.2, -0.15) is 0 Å². The van der Waals surface area contributed by atoms with Crippen molar-refractivity contribution < 1.29 is 9.59 Å². The molecular weight excluding hydrogens is 292 g/mol. The zero-order valence-corrected chi connectivity index (χ0v) is 13.1. The van der Waals surface area contributed by atoms with Gasteiger partial charge in [-0.3, -0.25) is 9.69 Å². The molecule has 23 heavy (non-hydrogen) atoms. The molecule has 4 rings (SSSR count). The maximum Gasteiger partial charge on any atom is 0.321 e. The Morgan fingerprint density at radius 1 is 1.17 bits per heavy atom. The molecule has 1 aromatic carbocycles.